The summed E-state index contributed by atoms with van der Waals surface area (Å²) < 4.78 is 130. The number of anilines is 1. The molecule has 2 aromatic carbocycles. The number of sulfonamides is 1. The third-order valence-electron chi connectivity index (χ3n) is 10.9. The molecule has 11 nitrogen and oxygen atoms in total. The van der Waals surface area contributed by atoms with Crippen molar-refractivity contribution in [2.45, 2.75) is 74.5 Å². The first kappa shape index (κ1) is 40.6. The van der Waals surface area contributed by atoms with Crippen LogP contribution in [0, 0.1) is 23.6 Å². The van der Waals surface area contributed by atoms with Crippen LogP contribution >= 0.6 is 11.6 Å². The van der Waals surface area contributed by atoms with Crippen molar-refractivity contribution in [3.63, 3.8) is 0 Å². The van der Waals surface area contributed by atoms with Gasteiger partial charge in [-0.1, -0.05) is 35.7 Å². The summed E-state index contributed by atoms with van der Waals surface area (Å²) in [4.78, 5) is 18.7. The number of aliphatic hydroxyl groups is 1. The molecule has 1 amide bonds. The van der Waals surface area contributed by atoms with Crippen LogP contribution in [0.4, 0.5) is 36.6 Å². The third kappa shape index (κ3) is 7.50. The maximum Gasteiger partial charge on any atom is 0.293 e. The molecular weight excluding hydrogens is 831 g/mol. The van der Waals surface area contributed by atoms with Gasteiger partial charge >= 0.3 is 0 Å². The van der Waals surface area contributed by atoms with Gasteiger partial charge in [-0.3, -0.25) is 18.9 Å². The van der Waals surface area contributed by atoms with Crippen molar-refractivity contribution in [3.05, 3.63) is 93.3 Å². The maximum absolute atomic E-state index is 15.7. The van der Waals surface area contributed by atoms with Crippen LogP contribution in [0.15, 0.2) is 48.5 Å². The number of aryl methyl sites for hydroxylation is 1. The maximum atomic E-state index is 15.7. The molecule has 2 fully saturated rings. The van der Waals surface area contributed by atoms with Crippen molar-refractivity contribution in [1.82, 2.24) is 29.9 Å². The zero-order chi connectivity index (χ0) is 42.4. The number of nitrogens with one attached hydrogen (secondary N) is 2. The van der Waals surface area contributed by atoms with E-state index in [1.54, 1.807) is 12.1 Å². The minimum absolute atomic E-state index is 0.0186. The van der Waals surface area contributed by atoms with Crippen LogP contribution in [0.3, 0.4) is 0 Å². The molecule has 0 unspecified atom stereocenters. The Balaban J connectivity index is 1.26. The molecule has 2 saturated carbocycles. The summed E-state index contributed by atoms with van der Waals surface area (Å²) in [6.07, 6.45) is -3.88. The summed E-state index contributed by atoms with van der Waals surface area (Å²) in [5.41, 5.74) is -2.65. The van der Waals surface area contributed by atoms with E-state index in [-0.39, 0.29) is 63.5 Å². The van der Waals surface area contributed by atoms with Crippen molar-refractivity contribution in [2.75, 3.05) is 11.0 Å². The Morgan fingerprint density at radius 1 is 1.05 bits per heavy atom. The zero-order valence-electron chi connectivity index (χ0n) is 31.0. The third-order valence-corrected chi connectivity index (χ3v) is 11.8. The summed E-state index contributed by atoms with van der Waals surface area (Å²) >= 11 is 6.59. The standard InChI is InChI=1S/C39H33ClF7N7O4S/c1-53-33-23(9-11-26(40)30(33)36(51-53)52-59(2,57)58)22-7-6-21(12-13-37(56)17-38(44,45)18-37)48-31(22)27(15-19-4-3-5-20(41)14-19)49-28(55)16-54-34-29(32(50-54)35(42)43)24-8-10-25(24)39(34,46)47/h3-7,9,11,14,24-25,27,35,56H,8,10,15-18H2,1-2H3,(H,49,55)(H,51,52)/t24-,25+,27-/m0/s1. The quantitative estimate of drug-likeness (QED) is 0.100. The number of rotatable bonds is 10. The highest BCUT2D eigenvalue weighted by atomic mass is 35.5. The van der Waals surface area contributed by atoms with Gasteiger partial charge in [-0.15, -0.1) is 0 Å². The van der Waals surface area contributed by atoms with E-state index in [0.29, 0.717) is 15.8 Å². The number of fused-ring (bicyclic) bond motifs is 4. The molecule has 0 aliphatic heterocycles. The number of alkyl halides is 6. The number of pyridine rings is 1. The molecule has 0 radical (unpaired) electrons. The molecule has 8 rings (SSSR count). The number of benzene rings is 2. The Morgan fingerprint density at radius 3 is 2.42 bits per heavy atom. The number of nitrogens with zero attached hydrogens (tertiary/aromatic N) is 5. The van der Waals surface area contributed by atoms with Crippen LogP contribution in [0.25, 0.3) is 22.0 Å². The van der Waals surface area contributed by atoms with Gasteiger partial charge in [0.2, 0.25) is 15.9 Å². The molecular formula is C39H33ClF7N7O4S. The number of aromatic nitrogens is 5. The molecule has 3 N–H and O–H groups in total. The van der Waals surface area contributed by atoms with Gasteiger partial charge in [-0.05, 0) is 67.0 Å². The van der Waals surface area contributed by atoms with Gasteiger partial charge < -0.3 is 10.4 Å². The van der Waals surface area contributed by atoms with Gasteiger partial charge in [0, 0.05) is 29.7 Å². The molecule has 0 saturated heterocycles. The summed E-state index contributed by atoms with van der Waals surface area (Å²) in [6.45, 7) is -0.909. The second-order valence-corrected chi connectivity index (χ2v) is 17.4. The smallest absolute Gasteiger partial charge is 0.293 e. The minimum Gasteiger partial charge on any atom is -0.377 e. The molecule has 20 heteroatoms. The van der Waals surface area contributed by atoms with Crippen LogP contribution < -0.4 is 10.0 Å². The average molecular weight is 864 g/mol. The molecule has 3 aliphatic carbocycles. The Kier molecular flexibility index (Phi) is 9.79. The van der Waals surface area contributed by atoms with Crippen molar-refractivity contribution in [2.24, 2.45) is 13.0 Å². The van der Waals surface area contributed by atoms with E-state index < -0.39 is 94.3 Å². The van der Waals surface area contributed by atoms with Crippen molar-refractivity contribution < 1.29 is 49.1 Å². The Labute approximate surface area is 337 Å². The first-order valence-corrected chi connectivity index (χ1v) is 20.5. The lowest BCUT2D eigenvalue weighted by Crippen LogP contribution is -2.50. The number of halogens is 8. The Morgan fingerprint density at radius 2 is 1.78 bits per heavy atom. The normalized spacial score (nSPS) is 20.2. The Bertz CT molecular complexity index is 2720. The van der Waals surface area contributed by atoms with E-state index in [9.17, 15) is 40.3 Å². The molecule has 0 spiro atoms. The van der Waals surface area contributed by atoms with Crippen LogP contribution in [0.5, 0.6) is 0 Å². The lowest BCUT2D eigenvalue weighted by atomic mass is 9.73. The van der Waals surface area contributed by atoms with Gasteiger partial charge in [0.25, 0.3) is 18.3 Å². The predicted molar refractivity (Wildman–Crippen MR) is 201 cm³/mol. The fourth-order valence-electron chi connectivity index (χ4n) is 8.39. The number of amides is 1. The van der Waals surface area contributed by atoms with Crippen molar-refractivity contribution in [3.8, 4) is 23.0 Å². The van der Waals surface area contributed by atoms with E-state index in [1.807, 2.05) is 0 Å². The number of carbonyl (C=O) groups excluding carboxylic acids is 1. The fraction of sp³-hybridized carbons (Fsp3) is 0.385. The highest BCUT2D eigenvalue weighted by molar-refractivity contribution is 7.92. The van der Waals surface area contributed by atoms with Gasteiger partial charge in [0.15, 0.2) is 5.82 Å². The summed E-state index contributed by atoms with van der Waals surface area (Å²) in [5.74, 6) is -5.30. The number of hydrogen-bond donors (Lipinski definition) is 3. The van der Waals surface area contributed by atoms with E-state index >= 15 is 8.78 Å². The monoisotopic (exact) mass is 863 g/mol. The van der Waals surface area contributed by atoms with E-state index in [2.05, 4.69) is 32.1 Å². The lowest BCUT2D eigenvalue weighted by Gasteiger charge is -2.39. The second-order valence-electron chi connectivity index (χ2n) is 15.3. The van der Waals surface area contributed by atoms with Gasteiger partial charge in [0.1, 0.15) is 35.0 Å². The molecule has 3 heterocycles. The van der Waals surface area contributed by atoms with E-state index in [4.69, 9.17) is 16.6 Å². The van der Waals surface area contributed by atoms with Crippen LogP contribution in [-0.4, -0.2) is 61.8 Å². The summed E-state index contributed by atoms with van der Waals surface area (Å²) in [7, 11) is -2.33. The first-order valence-electron chi connectivity index (χ1n) is 18.2. The van der Waals surface area contributed by atoms with E-state index in [0.717, 1.165) is 6.26 Å². The number of hydrogen-bond acceptors (Lipinski definition) is 7. The average Bonchev–Trinajstić information content (AvgIpc) is 3.67. The highest BCUT2D eigenvalue weighted by Gasteiger charge is 2.62. The topological polar surface area (TPSA) is 144 Å². The molecule has 310 valence electrons. The van der Waals surface area contributed by atoms with Crippen LogP contribution in [-0.2, 0) is 40.8 Å². The molecule has 3 aliphatic rings. The van der Waals surface area contributed by atoms with Gasteiger partial charge in [-0.2, -0.15) is 19.0 Å². The zero-order valence-corrected chi connectivity index (χ0v) is 32.6. The molecule has 3 aromatic heterocycles. The number of carbonyl (C=O) groups is 1. The van der Waals surface area contributed by atoms with Crippen molar-refractivity contribution in [1.29, 1.82) is 0 Å². The summed E-state index contributed by atoms with van der Waals surface area (Å²) in [5, 5.41) is 21.7. The van der Waals surface area contributed by atoms with Crippen LogP contribution in [0.2, 0.25) is 5.02 Å². The minimum atomic E-state index is -3.85. The van der Waals surface area contributed by atoms with Crippen LogP contribution in [0.1, 0.15) is 78.0 Å². The molecule has 3 atom stereocenters. The fourth-order valence-corrected chi connectivity index (χ4v) is 9.12. The molecule has 59 heavy (non-hydrogen) atoms. The highest BCUT2D eigenvalue weighted by Crippen LogP contribution is 2.63. The lowest BCUT2D eigenvalue weighted by molar-refractivity contribution is -0.176. The SMILES string of the molecule is Cn1nc(NS(C)(=O)=O)c2c(Cl)ccc(-c3ccc(C#CC4(O)CC(F)(F)C4)nc3[C@H](Cc3cccc(F)c3)NC(=O)Cn3nc(C(F)F)c4c3C(F)(F)[C@@H]3CC[C@H]43)c21. The van der Waals surface area contributed by atoms with Gasteiger partial charge in [0.05, 0.1) is 46.8 Å². The van der Waals surface area contributed by atoms with Crippen molar-refractivity contribution >= 4 is 44.3 Å². The second kappa shape index (κ2) is 14.2. The van der Waals surface area contributed by atoms with E-state index in [1.165, 1.54) is 48.1 Å². The Hall–Kier alpha value is -5.19. The summed E-state index contributed by atoms with van der Waals surface area (Å²) in [6, 6.07) is 10.0. The molecule has 5 aromatic rings. The van der Waals surface area contributed by atoms with Gasteiger partial charge in [-0.25, -0.2) is 35.4 Å². The molecule has 0 bridgehead atoms. The predicted octanol–water partition coefficient (Wildman–Crippen LogP) is 7.14. The first-order chi connectivity index (χ1) is 27.6. The largest absolute Gasteiger partial charge is 0.377 e.